The Hall–Kier alpha value is -3.55. The molecule has 2 fully saturated rings. The Kier molecular flexibility index (Phi) is 12.7. The predicted octanol–water partition coefficient (Wildman–Crippen LogP) is -0.373. The number of carbonyl (C=O) groups excluding carboxylic acids is 5. The Labute approximate surface area is 258 Å². The third-order valence-corrected chi connectivity index (χ3v) is 7.82. The first-order chi connectivity index (χ1) is 20.7. The molecule has 5 amide bonds. The van der Waals surface area contributed by atoms with Gasteiger partial charge in [-0.15, -0.1) is 0 Å². The molecule has 1 aromatic carbocycles. The van der Waals surface area contributed by atoms with E-state index in [0.29, 0.717) is 12.8 Å². The molecule has 0 radical (unpaired) electrons. The van der Waals surface area contributed by atoms with E-state index in [1.54, 1.807) is 24.3 Å². The summed E-state index contributed by atoms with van der Waals surface area (Å²) in [5.41, 5.74) is 11.5. The number of nitrogens with zero attached hydrogens (tertiary/aromatic N) is 1. The first-order valence-corrected chi connectivity index (χ1v) is 15.3. The van der Waals surface area contributed by atoms with Gasteiger partial charge >= 0.3 is 0 Å². The van der Waals surface area contributed by atoms with Crippen LogP contribution in [0.1, 0.15) is 71.3 Å². The van der Waals surface area contributed by atoms with Crippen LogP contribution < -0.4 is 27.4 Å². The molecule has 244 valence electrons. The predicted molar refractivity (Wildman–Crippen MR) is 163 cm³/mol. The van der Waals surface area contributed by atoms with Crippen LogP contribution in [0.4, 0.5) is 0 Å². The van der Waals surface area contributed by atoms with E-state index in [1.165, 1.54) is 4.90 Å². The highest BCUT2D eigenvalue weighted by molar-refractivity contribution is 5.93. The van der Waals surface area contributed by atoms with Crippen molar-refractivity contribution in [3.05, 3.63) is 35.9 Å². The lowest BCUT2D eigenvalue weighted by molar-refractivity contribution is -0.147. The van der Waals surface area contributed by atoms with E-state index in [4.69, 9.17) is 16.2 Å². The number of ether oxygens (including phenoxy) is 1. The molecular formula is C31H48N6O7. The second-order valence-corrected chi connectivity index (χ2v) is 12.8. The van der Waals surface area contributed by atoms with Crippen molar-refractivity contribution in [3.8, 4) is 0 Å². The highest BCUT2D eigenvalue weighted by Gasteiger charge is 2.41. The minimum Gasteiger partial charge on any atom is -0.381 e. The Morgan fingerprint density at radius 1 is 1.02 bits per heavy atom. The number of carbonyl (C=O) groups is 5. The lowest BCUT2D eigenvalue weighted by Crippen LogP contribution is -2.59. The fraction of sp³-hybridized carbons (Fsp3) is 0.645. The summed E-state index contributed by atoms with van der Waals surface area (Å²) in [4.78, 5) is 65.8. The molecule has 0 aromatic heterocycles. The molecule has 0 bridgehead atoms. The molecular weight excluding hydrogens is 568 g/mol. The largest absolute Gasteiger partial charge is 0.381 e. The van der Waals surface area contributed by atoms with E-state index >= 15 is 0 Å². The van der Waals surface area contributed by atoms with Crippen molar-refractivity contribution < 1.29 is 33.8 Å². The van der Waals surface area contributed by atoms with Gasteiger partial charge in [0.1, 0.15) is 18.7 Å². The highest BCUT2D eigenvalue weighted by Crippen LogP contribution is 2.22. The van der Waals surface area contributed by atoms with E-state index in [2.05, 4.69) is 16.0 Å². The van der Waals surface area contributed by atoms with E-state index in [-0.39, 0.29) is 37.6 Å². The molecule has 13 heteroatoms. The number of nitrogens with one attached hydrogen (secondary N) is 3. The van der Waals surface area contributed by atoms with Crippen molar-refractivity contribution in [3.63, 3.8) is 0 Å². The molecule has 1 heterocycles. The van der Waals surface area contributed by atoms with Crippen LogP contribution in [0, 0.1) is 0 Å². The van der Waals surface area contributed by atoms with E-state index < -0.39 is 59.8 Å². The van der Waals surface area contributed by atoms with Gasteiger partial charge in [0.05, 0.1) is 18.6 Å². The van der Waals surface area contributed by atoms with Gasteiger partial charge in [-0.2, -0.15) is 0 Å². The van der Waals surface area contributed by atoms with Gasteiger partial charge in [0.2, 0.25) is 23.6 Å². The number of likely N-dealkylation sites (tertiary alicyclic amines) is 1. The van der Waals surface area contributed by atoms with Gasteiger partial charge < -0.3 is 42.2 Å². The summed E-state index contributed by atoms with van der Waals surface area (Å²) in [7, 11) is 0. The van der Waals surface area contributed by atoms with Crippen LogP contribution in [-0.2, 0) is 35.1 Å². The molecule has 44 heavy (non-hydrogen) atoms. The molecule has 4 atom stereocenters. The molecule has 3 rings (SSSR count). The number of primary amides is 1. The normalized spacial score (nSPS) is 22.4. The average molecular weight is 617 g/mol. The number of benzene rings is 1. The topological polar surface area (TPSA) is 206 Å². The monoisotopic (exact) mass is 616 g/mol. The van der Waals surface area contributed by atoms with Crippen LogP contribution >= 0.6 is 0 Å². The smallest absolute Gasteiger partial charge is 0.254 e. The van der Waals surface area contributed by atoms with Gasteiger partial charge in [-0.3, -0.25) is 24.0 Å². The van der Waals surface area contributed by atoms with Crippen molar-refractivity contribution in [2.45, 2.75) is 114 Å². The number of amides is 5. The third kappa shape index (κ3) is 10.9. The van der Waals surface area contributed by atoms with Gasteiger partial charge in [-0.25, -0.2) is 0 Å². The Balaban J connectivity index is 1.72. The number of aliphatic hydroxyl groups excluding tert-OH is 1. The zero-order chi connectivity index (χ0) is 32.4. The zero-order valence-electron chi connectivity index (χ0n) is 25.9. The van der Waals surface area contributed by atoms with Crippen molar-refractivity contribution in [1.29, 1.82) is 0 Å². The number of rotatable bonds is 13. The van der Waals surface area contributed by atoms with Crippen LogP contribution in [0.3, 0.4) is 0 Å². The van der Waals surface area contributed by atoms with Crippen LogP contribution in [0.15, 0.2) is 30.3 Å². The molecule has 1 aliphatic carbocycles. The number of aliphatic hydroxyl groups is 1. The number of nitrogens with two attached hydrogens (primary N) is 2. The standard InChI is InChI=1S/C31H48N6O7/c1-31(2,3)36-29(42)24-10-7-15-37(24)30(43)27(40)22(16-19-8-5-4-6-9-19)35-28(41)23(17-25(33)38)34-26(39)18-44-21-13-11-20(32)12-14-21/h4-6,8-9,20-24,27,40H,7,10-18,32H2,1-3H3,(H2,33,38)(H,34,39)(H,35,41)(H,36,42)/t20?,21?,22-,23-,24-,27-/m0/s1. The Morgan fingerprint density at radius 3 is 2.30 bits per heavy atom. The number of hydrogen-bond donors (Lipinski definition) is 6. The maximum Gasteiger partial charge on any atom is 0.254 e. The Bertz CT molecular complexity index is 1150. The van der Waals surface area contributed by atoms with Crippen molar-refractivity contribution in [2.24, 2.45) is 11.5 Å². The van der Waals surface area contributed by atoms with Crippen molar-refractivity contribution >= 4 is 29.5 Å². The lowest BCUT2D eigenvalue weighted by atomic mass is 9.94. The molecule has 1 aromatic rings. The van der Waals surface area contributed by atoms with Gasteiger partial charge in [0, 0.05) is 18.1 Å². The van der Waals surface area contributed by atoms with Gasteiger partial charge in [-0.1, -0.05) is 30.3 Å². The van der Waals surface area contributed by atoms with Crippen molar-refractivity contribution in [2.75, 3.05) is 13.2 Å². The van der Waals surface area contributed by atoms with Gasteiger partial charge in [0.25, 0.3) is 5.91 Å². The number of hydrogen-bond acceptors (Lipinski definition) is 8. The summed E-state index contributed by atoms with van der Waals surface area (Å²) in [5.74, 6) is -3.25. The maximum absolute atomic E-state index is 13.6. The summed E-state index contributed by atoms with van der Waals surface area (Å²) in [5, 5.41) is 19.4. The Morgan fingerprint density at radius 2 is 1.68 bits per heavy atom. The van der Waals surface area contributed by atoms with Crippen LogP contribution in [0.2, 0.25) is 0 Å². The maximum atomic E-state index is 13.6. The summed E-state index contributed by atoms with van der Waals surface area (Å²) in [6.07, 6.45) is 1.79. The molecule has 0 unspecified atom stereocenters. The second-order valence-electron chi connectivity index (χ2n) is 12.8. The average Bonchev–Trinajstić information content (AvgIpc) is 3.45. The third-order valence-electron chi connectivity index (χ3n) is 7.82. The molecule has 1 saturated heterocycles. The van der Waals surface area contributed by atoms with Crippen LogP contribution in [0.5, 0.6) is 0 Å². The summed E-state index contributed by atoms with van der Waals surface area (Å²) in [6, 6.07) is 5.80. The molecule has 0 spiro atoms. The van der Waals surface area contributed by atoms with Gasteiger partial charge in [-0.05, 0) is 71.3 Å². The molecule has 1 aliphatic heterocycles. The second kappa shape index (κ2) is 16.0. The minimum absolute atomic E-state index is 0.0658. The zero-order valence-corrected chi connectivity index (χ0v) is 25.9. The van der Waals surface area contributed by atoms with Crippen LogP contribution in [0.25, 0.3) is 0 Å². The summed E-state index contributed by atoms with van der Waals surface area (Å²) in [6.45, 7) is 5.48. The summed E-state index contributed by atoms with van der Waals surface area (Å²) >= 11 is 0. The summed E-state index contributed by atoms with van der Waals surface area (Å²) < 4.78 is 5.69. The molecule has 8 N–H and O–H groups in total. The first-order valence-electron chi connectivity index (χ1n) is 15.3. The van der Waals surface area contributed by atoms with Crippen molar-refractivity contribution in [1.82, 2.24) is 20.9 Å². The van der Waals surface area contributed by atoms with Gasteiger partial charge in [0.15, 0.2) is 6.10 Å². The molecule has 1 saturated carbocycles. The fourth-order valence-electron chi connectivity index (χ4n) is 5.59. The fourth-order valence-corrected chi connectivity index (χ4v) is 5.59. The van der Waals surface area contributed by atoms with E-state index in [9.17, 15) is 29.1 Å². The van der Waals surface area contributed by atoms with E-state index in [1.807, 2.05) is 26.8 Å². The first kappa shape index (κ1) is 34.9. The van der Waals surface area contributed by atoms with Crippen LogP contribution in [-0.4, -0.2) is 94.6 Å². The highest BCUT2D eigenvalue weighted by atomic mass is 16.5. The quantitative estimate of drug-likeness (QED) is 0.172. The molecule has 13 nitrogen and oxygen atoms in total. The van der Waals surface area contributed by atoms with E-state index in [0.717, 1.165) is 31.2 Å². The SMILES string of the molecule is CC(C)(C)NC(=O)[C@@H]1CCCN1C(=O)[C@@H](O)[C@H](Cc1ccccc1)NC(=O)[C@H](CC(N)=O)NC(=O)COC1CCC(N)CC1. The minimum atomic E-state index is -1.71. The lowest BCUT2D eigenvalue weighted by Gasteiger charge is -2.32. The molecule has 2 aliphatic rings.